The number of halogens is 1. The highest BCUT2D eigenvalue weighted by atomic mass is 79.9. The summed E-state index contributed by atoms with van der Waals surface area (Å²) in [5.74, 6) is 0. The van der Waals surface area contributed by atoms with Crippen molar-refractivity contribution in [1.82, 2.24) is 4.98 Å². The van der Waals surface area contributed by atoms with E-state index in [9.17, 15) is 0 Å². The number of aromatic nitrogens is 1. The third-order valence-electron chi connectivity index (χ3n) is 1.17. The fraction of sp³-hybridized carbons (Fsp3) is 0.125. The highest BCUT2D eigenvalue weighted by molar-refractivity contribution is 9.10. The summed E-state index contributed by atoms with van der Waals surface area (Å²) in [4.78, 5) is 4.13. The average Bonchev–Trinajstić information content (AvgIpc) is 2.04. The van der Waals surface area contributed by atoms with E-state index in [1.165, 1.54) is 0 Å². The van der Waals surface area contributed by atoms with Gasteiger partial charge in [0.15, 0.2) is 0 Å². The van der Waals surface area contributed by atoms with E-state index >= 15 is 0 Å². The molecule has 1 aromatic heterocycles. The van der Waals surface area contributed by atoms with Gasteiger partial charge in [0.25, 0.3) is 0 Å². The highest BCUT2D eigenvalue weighted by Gasteiger charge is 1.86. The van der Waals surface area contributed by atoms with Crippen molar-refractivity contribution in [2.75, 3.05) is 6.54 Å². The Morgan fingerprint density at radius 2 is 2.36 bits per heavy atom. The minimum atomic E-state index is 0.553. The largest absolute Gasteiger partial charge is 0.327 e. The minimum absolute atomic E-state index is 0.553. The summed E-state index contributed by atoms with van der Waals surface area (Å²) in [5, 5.41) is 0. The number of nitrogens with two attached hydrogens (primary N) is 1. The van der Waals surface area contributed by atoms with Crippen LogP contribution in [0, 0.1) is 0 Å². The molecule has 0 spiro atoms. The zero-order valence-corrected chi connectivity index (χ0v) is 7.58. The van der Waals surface area contributed by atoms with Crippen LogP contribution in [0.4, 0.5) is 0 Å². The number of nitrogens with zero attached hydrogens (tertiary/aromatic N) is 1. The molecular formula is C8H9BrN2. The summed E-state index contributed by atoms with van der Waals surface area (Å²) >= 11 is 3.30. The van der Waals surface area contributed by atoms with Crippen LogP contribution in [-0.2, 0) is 0 Å². The number of hydrogen-bond donors (Lipinski definition) is 1. The summed E-state index contributed by atoms with van der Waals surface area (Å²) < 4.78 is 0.988. The molecular weight excluding hydrogens is 204 g/mol. The smallest absolute Gasteiger partial charge is 0.0627 e. The lowest BCUT2D eigenvalue weighted by Crippen LogP contribution is -1.92. The van der Waals surface area contributed by atoms with Crippen LogP contribution in [0.2, 0.25) is 0 Å². The van der Waals surface area contributed by atoms with Gasteiger partial charge in [-0.2, -0.15) is 0 Å². The molecule has 3 heteroatoms. The van der Waals surface area contributed by atoms with Gasteiger partial charge in [-0.1, -0.05) is 6.08 Å². The quantitative estimate of drug-likeness (QED) is 0.813. The second-order valence-corrected chi connectivity index (χ2v) is 2.96. The van der Waals surface area contributed by atoms with Crippen LogP contribution in [0.5, 0.6) is 0 Å². The van der Waals surface area contributed by atoms with Crippen molar-refractivity contribution in [2.24, 2.45) is 5.73 Å². The van der Waals surface area contributed by atoms with Crippen molar-refractivity contribution in [3.8, 4) is 0 Å². The molecule has 1 aromatic rings. The number of rotatable bonds is 2. The van der Waals surface area contributed by atoms with Gasteiger partial charge in [-0.05, 0) is 34.1 Å². The second-order valence-electron chi connectivity index (χ2n) is 2.04. The molecule has 0 amide bonds. The molecule has 11 heavy (non-hydrogen) atoms. The van der Waals surface area contributed by atoms with Crippen molar-refractivity contribution in [3.63, 3.8) is 0 Å². The van der Waals surface area contributed by atoms with Crippen molar-refractivity contribution in [2.45, 2.75) is 0 Å². The fourth-order valence-electron chi connectivity index (χ4n) is 0.675. The number of pyridine rings is 1. The Bertz CT molecular complexity index is 241. The van der Waals surface area contributed by atoms with Gasteiger partial charge in [-0.3, -0.25) is 4.98 Å². The van der Waals surface area contributed by atoms with E-state index in [-0.39, 0.29) is 0 Å². The molecule has 1 rings (SSSR count). The zero-order chi connectivity index (χ0) is 8.10. The van der Waals surface area contributed by atoms with E-state index in [2.05, 4.69) is 20.9 Å². The van der Waals surface area contributed by atoms with Crippen molar-refractivity contribution in [3.05, 3.63) is 34.6 Å². The van der Waals surface area contributed by atoms with E-state index < -0.39 is 0 Å². The van der Waals surface area contributed by atoms with Crippen LogP contribution in [0.1, 0.15) is 5.69 Å². The first kappa shape index (κ1) is 8.43. The van der Waals surface area contributed by atoms with Crippen molar-refractivity contribution < 1.29 is 0 Å². The molecule has 0 aromatic carbocycles. The normalized spacial score (nSPS) is 10.7. The lowest BCUT2D eigenvalue weighted by Gasteiger charge is -1.91. The Hall–Kier alpha value is -0.670. The molecule has 0 atom stereocenters. The summed E-state index contributed by atoms with van der Waals surface area (Å²) in [6.07, 6.45) is 5.53. The molecule has 2 nitrogen and oxygen atoms in total. The van der Waals surface area contributed by atoms with E-state index in [0.29, 0.717) is 6.54 Å². The molecule has 0 saturated carbocycles. The number of hydrogen-bond acceptors (Lipinski definition) is 2. The van der Waals surface area contributed by atoms with Gasteiger partial charge < -0.3 is 5.73 Å². The fourth-order valence-corrected chi connectivity index (χ4v) is 0.909. The predicted molar refractivity (Wildman–Crippen MR) is 50.0 cm³/mol. The van der Waals surface area contributed by atoms with Crippen LogP contribution in [0.25, 0.3) is 6.08 Å². The maximum atomic E-state index is 5.28. The molecule has 0 aliphatic heterocycles. The van der Waals surface area contributed by atoms with Gasteiger partial charge in [0, 0.05) is 17.2 Å². The van der Waals surface area contributed by atoms with Gasteiger partial charge in [-0.25, -0.2) is 0 Å². The van der Waals surface area contributed by atoms with E-state index in [4.69, 9.17) is 5.73 Å². The highest BCUT2D eigenvalue weighted by Crippen LogP contribution is 2.07. The molecule has 1 heterocycles. The molecule has 0 fully saturated rings. The monoisotopic (exact) mass is 212 g/mol. The van der Waals surface area contributed by atoms with E-state index in [0.717, 1.165) is 10.2 Å². The Balaban J connectivity index is 2.73. The molecule has 2 N–H and O–H groups in total. The van der Waals surface area contributed by atoms with Crippen molar-refractivity contribution >= 4 is 22.0 Å². The summed E-state index contributed by atoms with van der Waals surface area (Å²) in [6.45, 7) is 0.553. The van der Waals surface area contributed by atoms with Crippen LogP contribution < -0.4 is 5.73 Å². The molecule has 0 radical (unpaired) electrons. The Labute approximate surface area is 74.3 Å². The Morgan fingerprint density at radius 1 is 1.55 bits per heavy atom. The van der Waals surface area contributed by atoms with Crippen LogP contribution in [0.15, 0.2) is 28.9 Å². The third kappa shape index (κ3) is 2.82. The topological polar surface area (TPSA) is 38.9 Å². The van der Waals surface area contributed by atoms with Gasteiger partial charge in [0.1, 0.15) is 0 Å². The molecule has 0 unspecified atom stereocenters. The molecule has 0 bridgehead atoms. The zero-order valence-electron chi connectivity index (χ0n) is 6.00. The summed E-state index contributed by atoms with van der Waals surface area (Å²) in [5.41, 5.74) is 6.21. The first-order valence-electron chi connectivity index (χ1n) is 3.31. The van der Waals surface area contributed by atoms with Crippen LogP contribution >= 0.6 is 15.9 Å². The molecule has 0 aliphatic rings. The maximum Gasteiger partial charge on any atom is 0.0627 e. The first-order valence-corrected chi connectivity index (χ1v) is 4.10. The van der Waals surface area contributed by atoms with Crippen molar-refractivity contribution in [1.29, 1.82) is 0 Å². The molecule has 58 valence electrons. The average molecular weight is 213 g/mol. The lowest BCUT2D eigenvalue weighted by molar-refractivity contribution is 1.24. The lowest BCUT2D eigenvalue weighted by atomic mass is 10.3. The third-order valence-corrected chi connectivity index (χ3v) is 1.64. The van der Waals surface area contributed by atoms with Gasteiger partial charge >= 0.3 is 0 Å². The maximum absolute atomic E-state index is 5.28. The molecule has 0 aliphatic carbocycles. The van der Waals surface area contributed by atoms with E-state index in [1.54, 1.807) is 6.20 Å². The van der Waals surface area contributed by atoms with E-state index in [1.807, 2.05) is 24.3 Å². The second kappa shape index (κ2) is 4.26. The molecule has 0 saturated heterocycles. The van der Waals surface area contributed by atoms with Gasteiger partial charge in [-0.15, -0.1) is 0 Å². The Kier molecular flexibility index (Phi) is 3.26. The minimum Gasteiger partial charge on any atom is -0.327 e. The first-order chi connectivity index (χ1) is 5.33. The Morgan fingerprint density at radius 3 is 2.91 bits per heavy atom. The standard InChI is InChI=1S/C8H9BrN2/c9-7-3-4-8(11-6-7)2-1-5-10/h1-4,6H,5,10H2. The van der Waals surface area contributed by atoms with Crippen LogP contribution in [0.3, 0.4) is 0 Å². The predicted octanol–water partition coefficient (Wildman–Crippen LogP) is 1.82. The van der Waals surface area contributed by atoms with Gasteiger partial charge in [0.2, 0.25) is 0 Å². The van der Waals surface area contributed by atoms with Gasteiger partial charge in [0.05, 0.1) is 5.69 Å². The van der Waals surface area contributed by atoms with Crippen LogP contribution in [-0.4, -0.2) is 11.5 Å². The SMILES string of the molecule is NCC=Cc1ccc(Br)cn1. The summed E-state index contributed by atoms with van der Waals surface area (Å²) in [7, 11) is 0. The summed E-state index contributed by atoms with van der Waals surface area (Å²) in [6, 6.07) is 3.87.